The van der Waals surface area contributed by atoms with E-state index in [1.165, 1.54) is 9.80 Å². The molecule has 4 heteroatoms. The first-order chi connectivity index (χ1) is 13.6. The second-order valence-corrected chi connectivity index (χ2v) is 6.77. The van der Waals surface area contributed by atoms with Crippen LogP contribution in [0.4, 0.5) is 16.2 Å². The van der Waals surface area contributed by atoms with Gasteiger partial charge in [-0.15, -0.1) is 0 Å². The maximum absolute atomic E-state index is 13.4. The Labute approximate surface area is 164 Å². The van der Waals surface area contributed by atoms with Crippen molar-refractivity contribution in [3.05, 3.63) is 101 Å². The van der Waals surface area contributed by atoms with Gasteiger partial charge >= 0.3 is 6.03 Å². The Balaban J connectivity index is 1.90. The van der Waals surface area contributed by atoms with E-state index in [2.05, 4.69) is 0 Å². The Morgan fingerprint density at radius 2 is 1.14 bits per heavy atom. The lowest BCUT2D eigenvalue weighted by atomic mass is 10.1. The number of anilines is 2. The fraction of sp³-hybridized carbons (Fsp3) is 0.0833. The van der Waals surface area contributed by atoms with Gasteiger partial charge in [-0.05, 0) is 48.7 Å². The van der Waals surface area contributed by atoms with Crippen LogP contribution in [-0.2, 0) is 4.79 Å². The quantitative estimate of drug-likeness (QED) is 0.464. The monoisotopic (exact) mass is 368 g/mol. The summed E-state index contributed by atoms with van der Waals surface area (Å²) in [5, 5.41) is 0. The topological polar surface area (TPSA) is 40.6 Å². The van der Waals surface area contributed by atoms with Gasteiger partial charge in [-0.1, -0.05) is 66.7 Å². The van der Waals surface area contributed by atoms with Crippen molar-refractivity contribution in [1.82, 2.24) is 0 Å². The Kier molecular flexibility index (Phi) is 4.53. The number of amides is 3. The van der Waals surface area contributed by atoms with Gasteiger partial charge in [0.25, 0.3) is 5.91 Å². The molecule has 4 nitrogen and oxygen atoms in total. The zero-order valence-corrected chi connectivity index (χ0v) is 15.8. The van der Waals surface area contributed by atoms with Gasteiger partial charge in [0, 0.05) is 0 Å². The molecule has 0 spiro atoms. The van der Waals surface area contributed by atoms with Crippen LogP contribution in [0.25, 0.3) is 6.08 Å². The van der Waals surface area contributed by atoms with Crippen LogP contribution in [0.2, 0.25) is 0 Å². The minimum atomic E-state index is -0.365. The van der Waals surface area contributed by atoms with Crippen molar-refractivity contribution in [3.63, 3.8) is 0 Å². The number of hydrogen-bond acceptors (Lipinski definition) is 2. The first-order valence-electron chi connectivity index (χ1n) is 9.14. The van der Waals surface area contributed by atoms with E-state index in [0.717, 1.165) is 16.7 Å². The molecule has 0 saturated carbocycles. The van der Waals surface area contributed by atoms with Gasteiger partial charge in [-0.3, -0.25) is 9.69 Å². The van der Waals surface area contributed by atoms with Crippen molar-refractivity contribution in [3.8, 4) is 0 Å². The van der Waals surface area contributed by atoms with Gasteiger partial charge in [0.15, 0.2) is 0 Å². The van der Waals surface area contributed by atoms with Crippen LogP contribution in [0.5, 0.6) is 0 Å². The second kappa shape index (κ2) is 7.16. The molecule has 0 radical (unpaired) electrons. The lowest BCUT2D eigenvalue weighted by molar-refractivity contribution is -0.113. The number of rotatable bonds is 3. The highest BCUT2D eigenvalue weighted by Crippen LogP contribution is 2.35. The maximum atomic E-state index is 13.4. The maximum Gasteiger partial charge on any atom is 0.340 e. The first kappa shape index (κ1) is 17.7. The second-order valence-electron chi connectivity index (χ2n) is 6.77. The number of urea groups is 1. The molecule has 4 rings (SSSR count). The standard InChI is InChI=1S/C24H20N2O2/c1-17-10-6-8-14-20(17)25-22(16-19-12-4-3-5-13-19)23(27)26(24(25)28)21-15-9-7-11-18(21)2/h3-16H,1-2H3/b22-16-. The van der Waals surface area contributed by atoms with E-state index < -0.39 is 0 Å². The largest absolute Gasteiger partial charge is 0.340 e. The Bertz CT molecular complexity index is 1090. The smallest absolute Gasteiger partial charge is 0.266 e. The van der Waals surface area contributed by atoms with Gasteiger partial charge in [-0.2, -0.15) is 0 Å². The number of aryl methyl sites for hydroxylation is 2. The fourth-order valence-electron chi connectivity index (χ4n) is 3.41. The van der Waals surface area contributed by atoms with Gasteiger partial charge in [0.1, 0.15) is 5.70 Å². The molecule has 0 atom stereocenters. The Morgan fingerprint density at radius 1 is 0.643 bits per heavy atom. The summed E-state index contributed by atoms with van der Waals surface area (Å²) in [6, 6.07) is 24.2. The van der Waals surface area contributed by atoms with Crippen LogP contribution in [0.15, 0.2) is 84.6 Å². The molecule has 1 saturated heterocycles. The molecule has 0 aliphatic carbocycles. The van der Waals surface area contributed by atoms with Crippen molar-refractivity contribution in [1.29, 1.82) is 0 Å². The van der Waals surface area contributed by atoms with Gasteiger partial charge in [0.2, 0.25) is 0 Å². The lowest BCUT2D eigenvalue weighted by Crippen LogP contribution is -2.33. The van der Waals surface area contributed by atoms with Gasteiger partial charge in [-0.25, -0.2) is 9.69 Å². The zero-order chi connectivity index (χ0) is 19.7. The average Bonchev–Trinajstić information content (AvgIpc) is 2.94. The van der Waals surface area contributed by atoms with Crippen LogP contribution in [-0.4, -0.2) is 11.9 Å². The Hall–Kier alpha value is -3.66. The summed E-state index contributed by atoms with van der Waals surface area (Å²) in [4.78, 5) is 29.5. The number of hydrogen-bond donors (Lipinski definition) is 0. The molecule has 0 unspecified atom stereocenters. The van der Waals surface area contributed by atoms with E-state index in [-0.39, 0.29) is 11.9 Å². The number of nitrogens with zero attached hydrogens (tertiary/aromatic N) is 2. The molecule has 0 bridgehead atoms. The van der Waals surface area contributed by atoms with E-state index in [4.69, 9.17) is 0 Å². The van der Waals surface area contributed by atoms with Crippen molar-refractivity contribution in [2.45, 2.75) is 13.8 Å². The third-order valence-electron chi connectivity index (χ3n) is 4.86. The fourth-order valence-corrected chi connectivity index (χ4v) is 3.41. The molecule has 1 aliphatic heterocycles. The van der Waals surface area contributed by atoms with Crippen molar-refractivity contribution in [2.24, 2.45) is 0 Å². The molecule has 3 aromatic rings. The van der Waals surface area contributed by atoms with Gasteiger partial charge < -0.3 is 0 Å². The highest BCUT2D eigenvalue weighted by Gasteiger charge is 2.43. The summed E-state index contributed by atoms with van der Waals surface area (Å²) in [5.41, 5.74) is 4.31. The van der Waals surface area contributed by atoms with Crippen LogP contribution in [0.3, 0.4) is 0 Å². The van der Waals surface area contributed by atoms with E-state index in [0.29, 0.717) is 17.1 Å². The molecule has 3 aromatic carbocycles. The molecule has 0 N–H and O–H groups in total. The lowest BCUT2D eigenvalue weighted by Gasteiger charge is -2.20. The minimum Gasteiger partial charge on any atom is -0.266 e. The van der Waals surface area contributed by atoms with E-state index >= 15 is 0 Å². The summed E-state index contributed by atoms with van der Waals surface area (Å²) in [6.45, 7) is 3.83. The van der Waals surface area contributed by atoms with Crippen LogP contribution >= 0.6 is 0 Å². The van der Waals surface area contributed by atoms with Crippen molar-refractivity contribution in [2.75, 3.05) is 9.80 Å². The van der Waals surface area contributed by atoms with E-state index in [1.807, 2.05) is 86.6 Å². The van der Waals surface area contributed by atoms with Crippen LogP contribution in [0.1, 0.15) is 16.7 Å². The van der Waals surface area contributed by atoms with Crippen LogP contribution < -0.4 is 9.80 Å². The summed E-state index contributed by atoms with van der Waals surface area (Å²) in [7, 11) is 0. The van der Waals surface area contributed by atoms with Crippen molar-refractivity contribution >= 4 is 29.4 Å². The molecule has 1 heterocycles. The minimum absolute atomic E-state index is 0.327. The zero-order valence-electron chi connectivity index (χ0n) is 15.8. The highest BCUT2D eigenvalue weighted by molar-refractivity contribution is 6.35. The molecular weight excluding hydrogens is 348 g/mol. The van der Waals surface area contributed by atoms with Crippen molar-refractivity contribution < 1.29 is 9.59 Å². The Morgan fingerprint density at radius 3 is 1.71 bits per heavy atom. The first-order valence-corrected chi connectivity index (χ1v) is 9.14. The summed E-state index contributed by atoms with van der Waals surface area (Å²) in [6.07, 6.45) is 1.77. The third-order valence-corrected chi connectivity index (χ3v) is 4.86. The van der Waals surface area contributed by atoms with E-state index in [9.17, 15) is 9.59 Å². The van der Waals surface area contributed by atoms with E-state index in [1.54, 1.807) is 12.1 Å². The number of para-hydroxylation sites is 2. The third kappa shape index (κ3) is 2.99. The highest BCUT2D eigenvalue weighted by atomic mass is 16.2. The molecule has 1 aliphatic rings. The number of carbonyl (C=O) groups is 2. The molecule has 3 amide bonds. The number of imide groups is 1. The SMILES string of the molecule is Cc1ccccc1N1C(=O)/C(=C/c2ccccc2)N(c2ccccc2C)C1=O. The molecule has 138 valence electrons. The normalized spacial score (nSPS) is 15.6. The molecule has 0 aromatic heterocycles. The number of benzene rings is 3. The number of carbonyl (C=O) groups excluding carboxylic acids is 2. The van der Waals surface area contributed by atoms with Gasteiger partial charge in [0.05, 0.1) is 11.4 Å². The molecule has 1 fully saturated rings. The molecular formula is C24H20N2O2. The summed E-state index contributed by atoms with van der Waals surface area (Å²) < 4.78 is 0. The predicted octanol–water partition coefficient (Wildman–Crippen LogP) is 5.32. The summed E-state index contributed by atoms with van der Waals surface area (Å²) >= 11 is 0. The predicted molar refractivity (Wildman–Crippen MR) is 112 cm³/mol. The average molecular weight is 368 g/mol. The molecule has 28 heavy (non-hydrogen) atoms. The summed E-state index contributed by atoms with van der Waals surface area (Å²) in [5.74, 6) is -0.327. The van der Waals surface area contributed by atoms with Crippen LogP contribution in [0, 0.1) is 13.8 Å².